The van der Waals surface area contributed by atoms with Crippen molar-refractivity contribution >= 4 is 5.91 Å². The maximum atomic E-state index is 11.3. The van der Waals surface area contributed by atoms with E-state index in [1.165, 1.54) is 0 Å². The van der Waals surface area contributed by atoms with Gasteiger partial charge in [-0.3, -0.25) is 4.79 Å². The highest BCUT2D eigenvalue weighted by Gasteiger charge is 2.01. The summed E-state index contributed by atoms with van der Waals surface area (Å²) in [5.74, 6) is 1.01. The van der Waals surface area contributed by atoms with E-state index in [-0.39, 0.29) is 5.91 Å². The minimum atomic E-state index is 0.140. The summed E-state index contributed by atoms with van der Waals surface area (Å²) in [5, 5.41) is 3.17. The second-order valence-corrected chi connectivity index (χ2v) is 3.95. The lowest BCUT2D eigenvalue weighted by Gasteiger charge is -2.10. The van der Waals surface area contributed by atoms with E-state index in [2.05, 4.69) is 5.32 Å². The minimum absolute atomic E-state index is 0.140. The number of rotatable bonds is 7. The lowest BCUT2D eigenvalue weighted by Crippen LogP contribution is -2.28. The summed E-state index contributed by atoms with van der Waals surface area (Å²) in [6.45, 7) is 2.05. The van der Waals surface area contributed by atoms with Gasteiger partial charge in [0.2, 0.25) is 5.91 Å². The summed E-state index contributed by atoms with van der Waals surface area (Å²) >= 11 is 0. The van der Waals surface area contributed by atoms with Gasteiger partial charge in [0.15, 0.2) is 0 Å². The molecular weight excluding hydrogens is 216 g/mol. The van der Waals surface area contributed by atoms with Crippen LogP contribution in [0.5, 0.6) is 5.75 Å². The van der Waals surface area contributed by atoms with E-state index in [0.717, 1.165) is 12.3 Å². The Balaban J connectivity index is 2.00. The quantitative estimate of drug-likeness (QED) is 0.722. The van der Waals surface area contributed by atoms with Gasteiger partial charge in [-0.1, -0.05) is 18.2 Å². The molecule has 0 unspecified atom stereocenters. The van der Waals surface area contributed by atoms with E-state index in [9.17, 15) is 4.79 Å². The van der Waals surface area contributed by atoms with Crippen molar-refractivity contribution in [3.63, 3.8) is 0 Å². The van der Waals surface area contributed by atoms with Gasteiger partial charge in [0.25, 0.3) is 0 Å². The van der Waals surface area contributed by atoms with E-state index >= 15 is 0 Å². The summed E-state index contributed by atoms with van der Waals surface area (Å²) in [4.78, 5) is 12.9. The molecule has 0 atom stereocenters. The number of amides is 1. The van der Waals surface area contributed by atoms with Gasteiger partial charge >= 0.3 is 0 Å². The lowest BCUT2D eigenvalue weighted by molar-refractivity contribution is -0.128. The third-order valence-corrected chi connectivity index (χ3v) is 2.31. The van der Waals surface area contributed by atoms with Gasteiger partial charge in [-0.2, -0.15) is 0 Å². The molecule has 0 spiro atoms. The third-order valence-electron chi connectivity index (χ3n) is 2.31. The molecule has 0 heterocycles. The smallest absolute Gasteiger partial charge is 0.223 e. The number of carbonyl (C=O) groups is 1. The zero-order chi connectivity index (χ0) is 12.5. The van der Waals surface area contributed by atoms with Crippen molar-refractivity contribution in [2.75, 3.05) is 33.8 Å². The van der Waals surface area contributed by atoms with Gasteiger partial charge in [0.05, 0.1) is 0 Å². The van der Waals surface area contributed by atoms with Crippen molar-refractivity contribution < 1.29 is 9.53 Å². The topological polar surface area (TPSA) is 41.6 Å². The first-order valence-electron chi connectivity index (χ1n) is 5.79. The van der Waals surface area contributed by atoms with Gasteiger partial charge in [-0.25, -0.2) is 0 Å². The molecule has 0 saturated heterocycles. The maximum absolute atomic E-state index is 11.3. The van der Waals surface area contributed by atoms with Crippen LogP contribution >= 0.6 is 0 Å². The summed E-state index contributed by atoms with van der Waals surface area (Å²) < 4.78 is 5.50. The highest BCUT2D eigenvalue weighted by atomic mass is 16.5. The molecule has 0 aliphatic rings. The number of hydrogen-bond acceptors (Lipinski definition) is 3. The maximum Gasteiger partial charge on any atom is 0.223 e. The van der Waals surface area contributed by atoms with Gasteiger partial charge in [0, 0.05) is 33.6 Å². The van der Waals surface area contributed by atoms with Gasteiger partial charge in [-0.15, -0.1) is 0 Å². The molecule has 0 aliphatic heterocycles. The summed E-state index contributed by atoms with van der Waals surface area (Å²) in [6.07, 6.45) is 0.526. The van der Waals surface area contributed by atoms with Crippen LogP contribution in [0, 0.1) is 0 Å². The van der Waals surface area contributed by atoms with Crippen molar-refractivity contribution in [2.45, 2.75) is 6.42 Å². The van der Waals surface area contributed by atoms with Gasteiger partial charge < -0.3 is 15.0 Å². The number of nitrogens with zero attached hydrogens (tertiary/aromatic N) is 1. The molecule has 0 bridgehead atoms. The first kappa shape index (κ1) is 13.5. The van der Waals surface area contributed by atoms with Crippen LogP contribution in [-0.4, -0.2) is 44.6 Å². The van der Waals surface area contributed by atoms with E-state index < -0.39 is 0 Å². The molecule has 4 heteroatoms. The van der Waals surface area contributed by atoms with Crippen LogP contribution in [0.1, 0.15) is 6.42 Å². The van der Waals surface area contributed by atoms with Crippen LogP contribution in [0.25, 0.3) is 0 Å². The van der Waals surface area contributed by atoms with Crippen molar-refractivity contribution in [3.05, 3.63) is 30.3 Å². The molecule has 1 N–H and O–H groups in total. The van der Waals surface area contributed by atoms with Crippen LogP contribution in [-0.2, 0) is 4.79 Å². The van der Waals surface area contributed by atoms with Gasteiger partial charge in [-0.05, 0) is 12.1 Å². The molecule has 17 heavy (non-hydrogen) atoms. The normalized spacial score (nSPS) is 10.0. The molecule has 1 rings (SSSR count). The molecule has 1 amide bonds. The molecule has 0 radical (unpaired) electrons. The fraction of sp³-hybridized carbons (Fsp3) is 0.462. The van der Waals surface area contributed by atoms with E-state index in [0.29, 0.717) is 19.6 Å². The van der Waals surface area contributed by atoms with Crippen LogP contribution in [0.2, 0.25) is 0 Å². The molecule has 0 saturated carbocycles. The van der Waals surface area contributed by atoms with E-state index in [1.807, 2.05) is 30.3 Å². The Morgan fingerprint density at radius 1 is 1.24 bits per heavy atom. The Hall–Kier alpha value is -1.55. The summed E-state index contributed by atoms with van der Waals surface area (Å²) in [6, 6.07) is 9.69. The number of hydrogen-bond donors (Lipinski definition) is 1. The fourth-order valence-electron chi connectivity index (χ4n) is 1.30. The van der Waals surface area contributed by atoms with Crippen LogP contribution < -0.4 is 10.1 Å². The van der Waals surface area contributed by atoms with Crippen molar-refractivity contribution in [1.29, 1.82) is 0 Å². The highest BCUT2D eigenvalue weighted by molar-refractivity contribution is 5.75. The van der Waals surface area contributed by atoms with Gasteiger partial charge in [0.1, 0.15) is 12.4 Å². The number of para-hydroxylation sites is 1. The predicted molar refractivity (Wildman–Crippen MR) is 68.1 cm³/mol. The number of ether oxygens (including phenoxy) is 1. The predicted octanol–water partition coefficient (Wildman–Crippen LogP) is 1.13. The Morgan fingerprint density at radius 3 is 2.59 bits per heavy atom. The number of nitrogens with one attached hydrogen (secondary N) is 1. The molecule has 4 nitrogen and oxygen atoms in total. The average Bonchev–Trinajstić information content (AvgIpc) is 2.34. The average molecular weight is 236 g/mol. The van der Waals surface area contributed by atoms with E-state index in [1.54, 1.807) is 19.0 Å². The third kappa shape index (κ3) is 5.92. The first-order chi connectivity index (χ1) is 8.20. The largest absolute Gasteiger partial charge is 0.492 e. The fourth-order valence-corrected chi connectivity index (χ4v) is 1.30. The number of carbonyl (C=O) groups excluding carboxylic acids is 1. The standard InChI is InChI=1S/C13H20N2O2/c1-15(2)13(16)8-9-14-10-11-17-12-6-4-3-5-7-12/h3-7,14H,8-11H2,1-2H3. The molecule has 1 aromatic rings. The van der Waals surface area contributed by atoms with E-state index in [4.69, 9.17) is 4.74 Å². The van der Waals surface area contributed by atoms with Crippen molar-refractivity contribution in [1.82, 2.24) is 10.2 Å². The SMILES string of the molecule is CN(C)C(=O)CCNCCOc1ccccc1. The Bertz CT molecular complexity index is 325. The minimum Gasteiger partial charge on any atom is -0.492 e. The monoisotopic (exact) mass is 236 g/mol. The molecule has 94 valence electrons. The molecule has 0 aliphatic carbocycles. The Kier molecular flexibility index (Phi) is 6.10. The van der Waals surface area contributed by atoms with Crippen LogP contribution in [0.15, 0.2) is 30.3 Å². The Labute approximate surface area is 103 Å². The zero-order valence-corrected chi connectivity index (χ0v) is 10.5. The molecule has 0 aromatic heterocycles. The molecule has 1 aromatic carbocycles. The molecular formula is C13H20N2O2. The first-order valence-corrected chi connectivity index (χ1v) is 5.79. The second kappa shape index (κ2) is 7.68. The van der Waals surface area contributed by atoms with Crippen LogP contribution in [0.3, 0.4) is 0 Å². The molecule has 0 fully saturated rings. The Morgan fingerprint density at radius 2 is 1.94 bits per heavy atom. The van der Waals surface area contributed by atoms with Crippen molar-refractivity contribution in [3.8, 4) is 5.75 Å². The lowest BCUT2D eigenvalue weighted by atomic mass is 10.3. The second-order valence-electron chi connectivity index (χ2n) is 3.95. The van der Waals surface area contributed by atoms with Crippen LogP contribution in [0.4, 0.5) is 0 Å². The summed E-state index contributed by atoms with van der Waals surface area (Å²) in [7, 11) is 3.53. The highest BCUT2D eigenvalue weighted by Crippen LogP contribution is 2.07. The number of benzene rings is 1. The zero-order valence-electron chi connectivity index (χ0n) is 10.5. The van der Waals surface area contributed by atoms with Crippen molar-refractivity contribution in [2.24, 2.45) is 0 Å². The summed E-state index contributed by atoms with van der Waals surface area (Å²) in [5.41, 5.74) is 0.